The van der Waals surface area contributed by atoms with Crippen molar-refractivity contribution in [3.05, 3.63) is 29.8 Å². The minimum absolute atomic E-state index is 0.0758. The summed E-state index contributed by atoms with van der Waals surface area (Å²) in [5.41, 5.74) is 1.13. The van der Waals surface area contributed by atoms with Crippen molar-refractivity contribution in [1.82, 2.24) is 4.90 Å². The van der Waals surface area contributed by atoms with Gasteiger partial charge in [0.05, 0.1) is 31.9 Å². The van der Waals surface area contributed by atoms with E-state index in [0.717, 1.165) is 25.9 Å². The highest BCUT2D eigenvalue weighted by Gasteiger charge is 2.39. The highest BCUT2D eigenvalue weighted by atomic mass is 16.7. The fourth-order valence-electron chi connectivity index (χ4n) is 3.15. The van der Waals surface area contributed by atoms with E-state index in [2.05, 4.69) is 10.2 Å². The smallest absolute Gasteiger partial charge is 0.338 e. The molecule has 7 heteroatoms. The molecule has 0 saturated carbocycles. The summed E-state index contributed by atoms with van der Waals surface area (Å²) in [6, 6.07) is 6.70. The number of likely N-dealkylation sites (tertiary alicyclic amines) is 1. The second-order valence-electron chi connectivity index (χ2n) is 6.23. The van der Waals surface area contributed by atoms with E-state index in [4.69, 9.17) is 14.2 Å². The van der Waals surface area contributed by atoms with Crippen molar-refractivity contribution < 1.29 is 23.8 Å². The molecule has 0 bridgehead atoms. The Morgan fingerprint density at radius 2 is 1.80 bits per heavy atom. The molecule has 2 fully saturated rings. The summed E-state index contributed by atoms with van der Waals surface area (Å²) in [5, 5.41) is 2.85. The number of hydrogen-bond acceptors (Lipinski definition) is 6. The van der Waals surface area contributed by atoms with Gasteiger partial charge in [0.15, 0.2) is 5.79 Å². The quantitative estimate of drug-likeness (QED) is 0.815. The summed E-state index contributed by atoms with van der Waals surface area (Å²) >= 11 is 0. The van der Waals surface area contributed by atoms with Gasteiger partial charge in [-0.15, -0.1) is 0 Å². The third-order valence-electron chi connectivity index (χ3n) is 4.48. The predicted molar refractivity (Wildman–Crippen MR) is 91.3 cm³/mol. The highest BCUT2D eigenvalue weighted by molar-refractivity contribution is 5.94. The number of benzene rings is 1. The molecule has 0 radical (unpaired) electrons. The molecule has 0 unspecified atom stereocenters. The van der Waals surface area contributed by atoms with Gasteiger partial charge in [-0.1, -0.05) is 0 Å². The topological polar surface area (TPSA) is 77.1 Å². The second kappa shape index (κ2) is 7.95. The number of anilines is 1. The standard InChI is InChI=1S/C18H24N2O5/c1-2-23-17(22)14-3-5-15(6-4-14)19-16(21)13-20-9-7-18(8-10-20)24-11-12-25-18/h3-6H,2,7-13H2,1H3,(H,19,21). The number of piperidine rings is 1. The lowest BCUT2D eigenvalue weighted by molar-refractivity contribution is -0.185. The van der Waals surface area contributed by atoms with Gasteiger partial charge in [0.2, 0.25) is 5.91 Å². The number of esters is 1. The van der Waals surface area contributed by atoms with Gasteiger partial charge in [-0.3, -0.25) is 9.69 Å². The van der Waals surface area contributed by atoms with Crippen LogP contribution in [0.3, 0.4) is 0 Å². The maximum absolute atomic E-state index is 12.2. The Morgan fingerprint density at radius 3 is 2.40 bits per heavy atom. The van der Waals surface area contributed by atoms with Gasteiger partial charge in [0.25, 0.3) is 0 Å². The van der Waals surface area contributed by atoms with Crippen LogP contribution in [0.15, 0.2) is 24.3 Å². The fraction of sp³-hybridized carbons (Fsp3) is 0.556. The van der Waals surface area contributed by atoms with Crippen LogP contribution in [0, 0.1) is 0 Å². The average Bonchev–Trinajstić information content (AvgIpc) is 3.06. The first-order chi connectivity index (χ1) is 12.1. The van der Waals surface area contributed by atoms with Crippen LogP contribution in [0.1, 0.15) is 30.1 Å². The molecule has 0 atom stereocenters. The highest BCUT2D eigenvalue weighted by Crippen LogP contribution is 2.31. The largest absolute Gasteiger partial charge is 0.462 e. The average molecular weight is 348 g/mol. The fourth-order valence-corrected chi connectivity index (χ4v) is 3.15. The monoisotopic (exact) mass is 348 g/mol. The van der Waals surface area contributed by atoms with E-state index in [1.54, 1.807) is 31.2 Å². The number of carbonyl (C=O) groups is 2. The first-order valence-electron chi connectivity index (χ1n) is 8.67. The van der Waals surface area contributed by atoms with Crippen LogP contribution in [-0.2, 0) is 19.0 Å². The van der Waals surface area contributed by atoms with Crippen molar-refractivity contribution in [3.63, 3.8) is 0 Å². The number of rotatable bonds is 5. The van der Waals surface area contributed by atoms with Gasteiger partial charge in [-0.2, -0.15) is 0 Å². The Labute approximate surface area is 147 Å². The van der Waals surface area contributed by atoms with Gasteiger partial charge in [0, 0.05) is 31.6 Å². The van der Waals surface area contributed by atoms with Crippen molar-refractivity contribution in [2.45, 2.75) is 25.6 Å². The Hall–Kier alpha value is -1.96. The van der Waals surface area contributed by atoms with Crippen LogP contribution in [-0.4, -0.2) is 62.0 Å². The summed E-state index contributed by atoms with van der Waals surface area (Å²) < 4.78 is 16.3. The van der Waals surface area contributed by atoms with E-state index in [0.29, 0.717) is 37.6 Å². The van der Waals surface area contributed by atoms with Crippen LogP contribution < -0.4 is 5.32 Å². The Bertz CT molecular complexity index is 600. The van der Waals surface area contributed by atoms with E-state index < -0.39 is 5.79 Å². The first kappa shape index (κ1) is 17.8. The molecule has 25 heavy (non-hydrogen) atoms. The summed E-state index contributed by atoms with van der Waals surface area (Å²) in [6.45, 7) is 5.29. The van der Waals surface area contributed by atoms with Gasteiger partial charge < -0.3 is 19.5 Å². The van der Waals surface area contributed by atoms with Crippen molar-refractivity contribution in [3.8, 4) is 0 Å². The normalized spacial score (nSPS) is 19.7. The molecule has 1 aromatic rings. The molecule has 3 rings (SSSR count). The molecule has 1 N–H and O–H groups in total. The molecule has 2 aliphatic rings. The molecule has 2 saturated heterocycles. The number of amides is 1. The lowest BCUT2D eigenvalue weighted by Gasteiger charge is -2.37. The van der Waals surface area contributed by atoms with Crippen LogP contribution in [0.4, 0.5) is 5.69 Å². The number of nitrogens with one attached hydrogen (secondary N) is 1. The van der Waals surface area contributed by atoms with Crippen LogP contribution in [0.5, 0.6) is 0 Å². The summed E-state index contributed by atoms with van der Waals surface area (Å²) in [6.07, 6.45) is 1.57. The molecule has 0 aromatic heterocycles. The minimum atomic E-state index is -0.421. The zero-order chi connectivity index (χ0) is 17.7. The molecule has 0 aliphatic carbocycles. The van der Waals surface area contributed by atoms with Gasteiger partial charge >= 0.3 is 5.97 Å². The number of ether oxygens (including phenoxy) is 3. The van der Waals surface area contributed by atoms with Crippen LogP contribution in [0.2, 0.25) is 0 Å². The van der Waals surface area contributed by atoms with E-state index in [-0.39, 0.29) is 11.9 Å². The maximum Gasteiger partial charge on any atom is 0.338 e. The lowest BCUT2D eigenvalue weighted by atomic mass is 10.0. The van der Waals surface area contributed by atoms with Crippen molar-refractivity contribution in [1.29, 1.82) is 0 Å². The second-order valence-corrected chi connectivity index (χ2v) is 6.23. The molecule has 7 nitrogen and oxygen atoms in total. The summed E-state index contributed by atoms with van der Waals surface area (Å²) in [7, 11) is 0. The molecule has 1 aromatic carbocycles. The molecule has 136 valence electrons. The number of hydrogen-bond donors (Lipinski definition) is 1. The zero-order valence-electron chi connectivity index (χ0n) is 14.5. The summed E-state index contributed by atoms with van der Waals surface area (Å²) in [4.78, 5) is 25.9. The molecular weight excluding hydrogens is 324 g/mol. The number of carbonyl (C=O) groups excluding carboxylic acids is 2. The third-order valence-corrected chi connectivity index (χ3v) is 4.48. The molecule has 1 amide bonds. The van der Waals surface area contributed by atoms with Crippen molar-refractivity contribution >= 4 is 17.6 Å². The van der Waals surface area contributed by atoms with E-state index in [9.17, 15) is 9.59 Å². The SMILES string of the molecule is CCOC(=O)c1ccc(NC(=O)CN2CCC3(CC2)OCCO3)cc1. The zero-order valence-corrected chi connectivity index (χ0v) is 14.5. The molecule has 2 aliphatic heterocycles. The third kappa shape index (κ3) is 4.56. The summed E-state index contributed by atoms with van der Waals surface area (Å²) in [5.74, 6) is -0.859. The maximum atomic E-state index is 12.2. The Morgan fingerprint density at radius 1 is 1.16 bits per heavy atom. The van der Waals surface area contributed by atoms with Crippen LogP contribution >= 0.6 is 0 Å². The van der Waals surface area contributed by atoms with E-state index >= 15 is 0 Å². The first-order valence-corrected chi connectivity index (χ1v) is 8.67. The molecular formula is C18H24N2O5. The van der Waals surface area contributed by atoms with Gasteiger partial charge in [0.1, 0.15) is 0 Å². The van der Waals surface area contributed by atoms with Crippen molar-refractivity contribution in [2.24, 2.45) is 0 Å². The predicted octanol–water partition coefficient (Wildman–Crippen LogP) is 1.64. The van der Waals surface area contributed by atoms with E-state index in [1.165, 1.54) is 0 Å². The van der Waals surface area contributed by atoms with Crippen LogP contribution in [0.25, 0.3) is 0 Å². The Kier molecular flexibility index (Phi) is 5.67. The van der Waals surface area contributed by atoms with Gasteiger partial charge in [-0.25, -0.2) is 4.79 Å². The number of nitrogens with zero attached hydrogens (tertiary/aromatic N) is 1. The van der Waals surface area contributed by atoms with E-state index in [1.807, 2.05) is 0 Å². The van der Waals surface area contributed by atoms with Gasteiger partial charge in [-0.05, 0) is 31.2 Å². The minimum Gasteiger partial charge on any atom is -0.462 e. The lowest BCUT2D eigenvalue weighted by Crippen LogP contribution is -2.47. The molecule has 1 spiro atoms. The van der Waals surface area contributed by atoms with Crippen molar-refractivity contribution in [2.75, 3.05) is 44.8 Å². The Balaban J connectivity index is 1.45. The molecule has 2 heterocycles.